The van der Waals surface area contributed by atoms with Crippen LogP contribution in [0.3, 0.4) is 0 Å². The highest BCUT2D eigenvalue weighted by Crippen LogP contribution is 2.39. The summed E-state index contributed by atoms with van der Waals surface area (Å²) in [5.41, 5.74) is 11.4. The number of hydrogen-bond donors (Lipinski definition) is 0. The summed E-state index contributed by atoms with van der Waals surface area (Å²) >= 11 is 0. The maximum atomic E-state index is 9.63. The lowest BCUT2D eigenvalue weighted by atomic mass is 10.0. The summed E-state index contributed by atoms with van der Waals surface area (Å²) in [6, 6.07) is 54.5. The molecule has 0 amide bonds. The van der Waals surface area contributed by atoms with E-state index in [2.05, 4.69) is 118 Å². The van der Waals surface area contributed by atoms with E-state index in [1.54, 1.807) is 0 Å². The van der Waals surface area contributed by atoms with E-state index >= 15 is 0 Å². The standard InChI is InChI=1S/C44H24N4O/c45-25-27-15-17-40-35(19-27)36-20-28(26-46)16-18-41(36)47(40)31-9-5-7-29(21-31)30-8-6-10-32(22-30)48-39-13-3-1-11-33(39)37-23-38-34-12-2-4-14-43(34)49-44(38)24-42(37)48/h1-24H. The van der Waals surface area contributed by atoms with Crippen molar-refractivity contribution in [1.82, 2.24) is 9.13 Å². The monoisotopic (exact) mass is 624 g/mol. The number of hydrogen-bond acceptors (Lipinski definition) is 3. The Labute approximate surface area is 280 Å². The van der Waals surface area contributed by atoms with Gasteiger partial charge in [0.05, 0.1) is 45.3 Å². The summed E-state index contributed by atoms with van der Waals surface area (Å²) in [6.45, 7) is 0. The van der Waals surface area contributed by atoms with Crippen molar-refractivity contribution in [3.8, 4) is 34.6 Å². The maximum absolute atomic E-state index is 9.63. The van der Waals surface area contributed by atoms with Crippen LogP contribution in [0.15, 0.2) is 150 Å². The smallest absolute Gasteiger partial charge is 0.137 e. The molecule has 10 rings (SSSR count). The largest absolute Gasteiger partial charge is 0.456 e. The Balaban J connectivity index is 1.16. The molecule has 0 aliphatic heterocycles. The molecule has 0 bridgehead atoms. The fourth-order valence-electron chi connectivity index (χ4n) is 7.56. The summed E-state index contributed by atoms with van der Waals surface area (Å²) < 4.78 is 10.9. The van der Waals surface area contributed by atoms with Crippen LogP contribution >= 0.6 is 0 Å². The fourth-order valence-corrected chi connectivity index (χ4v) is 7.56. The molecule has 0 fully saturated rings. The van der Waals surface area contributed by atoms with E-state index in [1.165, 1.54) is 10.8 Å². The zero-order valence-electron chi connectivity index (χ0n) is 26.1. The highest BCUT2D eigenvalue weighted by atomic mass is 16.3. The Bertz CT molecular complexity index is 3010. The molecule has 3 heterocycles. The van der Waals surface area contributed by atoms with Crippen LogP contribution in [-0.2, 0) is 0 Å². The Kier molecular flexibility index (Phi) is 5.64. The summed E-state index contributed by atoms with van der Waals surface area (Å²) in [7, 11) is 0. The van der Waals surface area contributed by atoms with E-state index in [4.69, 9.17) is 4.42 Å². The summed E-state index contributed by atoms with van der Waals surface area (Å²) in [5, 5.41) is 25.8. The van der Waals surface area contributed by atoms with Crippen molar-refractivity contribution in [2.75, 3.05) is 0 Å². The van der Waals surface area contributed by atoms with Gasteiger partial charge in [-0.15, -0.1) is 0 Å². The zero-order chi connectivity index (χ0) is 32.6. The summed E-state index contributed by atoms with van der Waals surface area (Å²) in [5.74, 6) is 0. The molecule has 7 aromatic carbocycles. The second-order valence-electron chi connectivity index (χ2n) is 12.4. The lowest BCUT2D eigenvalue weighted by Crippen LogP contribution is -1.96. The molecule has 49 heavy (non-hydrogen) atoms. The van der Waals surface area contributed by atoms with Gasteiger partial charge in [-0.05, 0) is 90.0 Å². The molecule has 0 atom stereocenters. The first-order chi connectivity index (χ1) is 24.2. The van der Waals surface area contributed by atoms with Gasteiger partial charge in [-0.25, -0.2) is 0 Å². The topological polar surface area (TPSA) is 70.6 Å². The van der Waals surface area contributed by atoms with Gasteiger partial charge in [0.15, 0.2) is 0 Å². The van der Waals surface area contributed by atoms with Gasteiger partial charge in [-0.1, -0.05) is 60.7 Å². The highest BCUT2D eigenvalue weighted by Gasteiger charge is 2.18. The molecule has 10 aromatic rings. The van der Waals surface area contributed by atoms with Crippen LogP contribution in [0.1, 0.15) is 11.1 Å². The van der Waals surface area contributed by atoms with Gasteiger partial charge < -0.3 is 13.6 Å². The van der Waals surface area contributed by atoms with Crippen molar-refractivity contribution in [3.63, 3.8) is 0 Å². The van der Waals surface area contributed by atoms with Crippen LogP contribution in [0, 0.1) is 22.7 Å². The number of benzene rings is 7. The lowest BCUT2D eigenvalue weighted by Gasteiger charge is -2.13. The molecule has 0 saturated heterocycles. The van der Waals surface area contributed by atoms with Gasteiger partial charge in [0, 0.05) is 49.8 Å². The molecule has 0 saturated carbocycles. The first kappa shape index (κ1) is 27.1. The summed E-state index contributed by atoms with van der Waals surface area (Å²) in [4.78, 5) is 0. The second kappa shape index (κ2) is 10.2. The number of nitrogens with zero attached hydrogens (tertiary/aromatic N) is 4. The minimum Gasteiger partial charge on any atom is -0.456 e. The minimum atomic E-state index is 0.589. The third-order valence-electron chi connectivity index (χ3n) is 9.74. The third kappa shape index (κ3) is 3.97. The normalized spacial score (nSPS) is 11.6. The molecule has 0 radical (unpaired) electrons. The van der Waals surface area contributed by atoms with Gasteiger partial charge in [0.25, 0.3) is 0 Å². The average molecular weight is 625 g/mol. The van der Waals surface area contributed by atoms with Crippen molar-refractivity contribution >= 4 is 65.6 Å². The average Bonchev–Trinajstić information content (AvgIpc) is 3.80. The van der Waals surface area contributed by atoms with Gasteiger partial charge in [-0.2, -0.15) is 10.5 Å². The number of fused-ring (bicyclic) bond motifs is 9. The number of para-hydroxylation sites is 2. The SMILES string of the molecule is N#Cc1ccc2c(c1)c1cc(C#N)ccc1n2-c1cccc(-c2cccc(-n3c4ccccc4c4cc5c(cc43)oc3ccccc35)c2)c1. The van der Waals surface area contributed by atoms with Crippen molar-refractivity contribution in [2.24, 2.45) is 0 Å². The van der Waals surface area contributed by atoms with E-state index in [-0.39, 0.29) is 0 Å². The molecule has 5 nitrogen and oxygen atoms in total. The molecular weight excluding hydrogens is 601 g/mol. The molecular formula is C44H24N4O. The maximum Gasteiger partial charge on any atom is 0.137 e. The molecule has 0 spiro atoms. The number of aromatic nitrogens is 2. The molecule has 226 valence electrons. The van der Waals surface area contributed by atoms with E-state index in [0.29, 0.717) is 11.1 Å². The zero-order valence-corrected chi connectivity index (χ0v) is 26.1. The first-order valence-electron chi connectivity index (χ1n) is 16.1. The van der Waals surface area contributed by atoms with E-state index < -0.39 is 0 Å². The molecule has 0 unspecified atom stereocenters. The minimum absolute atomic E-state index is 0.589. The highest BCUT2D eigenvalue weighted by molar-refractivity contribution is 6.17. The predicted octanol–water partition coefficient (Wildman–Crippen LogP) is 11.2. The van der Waals surface area contributed by atoms with Crippen molar-refractivity contribution in [3.05, 3.63) is 157 Å². The number of furan rings is 1. The van der Waals surface area contributed by atoms with Crippen LogP contribution in [-0.4, -0.2) is 9.13 Å². The van der Waals surface area contributed by atoms with Crippen molar-refractivity contribution in [1.29, 1.82) is 10.5 Å². The van der Waals surface area contributed by atoms with Crippen LogP contribution in [0.25, 0.3) is 88.1 Å². The van der Waals surface area contributed by atoms with Crippen LogP contribution in [0.5, 0.6) is 0 Å². The molecule has 0 aliphatic carbocycles. The Morgan fingerprint density at radius 1 is 0.388 bits per heavy atom. The lowest BCUT2D eigenvalue weighted by molar-refractivity contribution is 0.669. The molecule has 5 heteroatoms. The van der Waals surface area contributed by atoms with Crippen molar-refractivity contribution in [2.45, 2.75) is 0 Å². The van der Waals surface area contributed by atoms with Crippen LogP contribution < -0.4 is 0 Å². The molecule has 0 aliphatic rings. The number of rotatable bonds is 3. The quantitative estimate of drug-likeness (QED) is 0.196. The Morgan fingerprint density at radius 3 is 1.59 bits per heavy atom. The molecule has 3 aromatic heterocycles. The van der Waals surface area contributed by atoms with E-state index in [0.717, 1.165) is 77.3 Å². The summed E-state index contributed by atoms with van der Waals surface area (Å²) in [6.07, 6.45) is 0. The van der Waals surface area contributed by atoms with E-state index in [1.807, 2.05) is 48.5 Å². The van der Waals surface area contributed by atoms with Gasteiger partial charge >= 0.3 is 0 Å². The predicted molar refractivity (Wildman–Crippen MR) is 197 cm³/mol. The first-order valence-corrected chi connectivity index (χ1v) is 16.1. The molecule has 0 N–H and O–H groups in total. The van der Waals surface area contributed by atoms with Crippen molar-refractivity contribution < 1.29 is 4.42 Å². The fraction of sp³-hybridized carbons (Fsp3) is 0. The van der Waals surface area contributed by atoms with Gasteiger partial charge in [0.1, 0.15) is 11.2 Å². The van der Waals surface area contributed by atoms with Gasteiger partial charge in [0.2, 0.25) is 0 Å². The van der Waals surface area contributed by atoms with Crippen LogP contribution in [0.4, 0.5) is 0 Å². The van der Waals surface area contributed by atoms with E-state index in [9.17, 15) is 10.5 Å². The second-order valence-corrected chi connectivity index (χ2v) is 12.4. The Hall–Kier alpha value is -7.08. The Morgan fingerprint density at radius 2 is 0.939 bits per heavy atom. The van der Waals surface area contributed by atoms with Gasteiger partial charge in [-0.3, -0.25) is 0 Å². The third-order valence-corrected chi connectivity index (χ3v) is 9.74. The van der Waals surface area contributed by atoms with Crippen LogP contribution in [0.2, 0.25) is 0 Å². The number of nitriles is 2.